The fraction of sp³-hybridized carbons (Fsp3) is 0.733. The van der Waals surface area contributed by atoms with Gasteiger partial charge in [-0.3, -0.25) is 27.9 Å². The summed E-state index contributed by atoms with van der Waals surface area (Å²) in [7, 11) is -13.4. The second-order valence-electron chi connectivity index (χ2n) is 7.32. The van der Waals surface area contributed by atoms with Crippen LogP contribution in [0.1, 0.15) is 25.8 Å². The first-order valence-electron chi connectivity index (χ1n) is 9.46. The van der Waals surface area contributed by atoms with E-state index >= 15 is 0 Å². The van der Waals surface area contributed by atoms with Crippen molar-refractivity contribution in [3.63, 3.8) is 0 Å². The number of phosphoric acid groups is 3. The van der Waals surface area contributed by atoms with Crippen LogP contribution in [0.25, 0.3) is 0 Å². The summed E-state index contributed by atoms with van der Waals surface area (Å²) in [6.45, 7) is 4.33. The zero-order chi connectivity index (χ0) is 25.6. The summed E-state index contributed by atoms with van der Waals surface area (Å²) in [5.74, 6) is -0.837. The molecular weight excluding hydrogens is 509 g/mol. The van der Waals surface area contributed by atoms with Gasteiger partial charge in [0.15, 0.2) is 0 Å². The van der Waals surface area contributed by atoms with Crippen molar-refractivity contribution in [1.29, 1.82) is 0 Å². The van der Waals surface area contributed by atoms with E-state index in [1.165, 1.54) is 13.1 Å². The average molecular weight is 538 g/mol. The molecule has 0 spiro atoms. The molecule has 192 valence electrons. The van der Waals surface area contributed by atoms with Gasteiger partial charge in [-0.1, -0.05) is 13.8 Å². The summed E-state index contributed by atoms with van der Waals surface area (Å²) >= 11 is 0. The molecule has 0 aliphatic carbocycles. The van der Waals surface area contributed by atoms with Gasteiger partial charge in [0.1, 0.15) is 0 Å². The molecule has 33 heavy (non-hydrogen) atoms. The van der Waals surface area contributed by atoms with Gasteiger partial charge in [-0.25, -0.2) is 18.5 Å². The van der Waals surface area contributed by atoms with Crippen LogP contribution in [-0.2, 0) is 42.4 Å². The molecule has 0 aromatic carbocycles. The highest BCUT2D eigenvalue weighted by Crippen LogP contribution is 2.69. The maximum atomic E-state index is 12.2. The van der Waals surface area contributed by atoms with Crippen molar-refractivity contribution in [1.82, 2.24) is 9.55 Å². The Morgan fingerprint density at radius 2 is 1.64 bits per heavy atom. The minimum Gasteiger partial charge on any atom is -0.391 e. The molecule has 0 bridgehead atoms. The lowest BCUT2D eigenvalue weighted by Gasteiger charge is -2.24. The van der Waals surface area contributed by atoms with Crippen LogP contribution in [0.15, 0.2) is 15.8 Å². The number of nitrogens with one attached hydrogen (secondary N) is 1. The van der Waals surface area contributed by atoms with Crippen molar-refractivity contribution >= 4 is 23.5 Å². The van der Waals surface area contributed by atoms with E-state index in [0.717, 1.165) is 18.8 Å². The van der Waals surface area contributed by atoms with Crippen LogP contribution in [0, 0.1) is 18.8 Å². The molecule has 18 heteroatoms. The van der Waals surface area contributed by atoms with Crippen LogP contribution in [0.5, 0.6) is 0 Å². The largest absolute Gasteiger partial charge is 0.492 e. The SMILES string of the molecule is COP(=O)(O)OP(=O)(OC)OP(=O)(O)OC[C@@H](C)C[C@H](C)[C@@H](O)Cn1cc(C)c(=O)[nH]c1=O. The van der Waals surface area contributed by atoms with Gasteiger partial charge in [0.25, 0.3) is 5.56 Å². The smallest absolute Gasteiger partial charge is 0.391 e. The number of hydrogen-bond acceptors (Lipinski definition) is 11. The Bertz CT molecular complexity index is 1050. The molecule has 3 unspecified atom stereocenters. The molecule has 1 aromatic heterocycles. The van der Waals surface area contributed by atoms with Crippen LogP contribution in [0.4, 0.5) is 0 Å². The zero-order valence-corrected chi connectivity index (χ0v) is 21.3. The minimum absolute atomic E-state index is 0.0954. The molecule has 0 aliphatic rings. The first-order valence-corrected chi connectivity index (χ1v) is 13.9. The third kappa shape index (κ3) is 10.1. The topological polar surface area (TPSA) is 213 Å². The maximum absolute atomic E-state index is 12.2. The van der Waals surface area contributed by atoms with Crippen molar-refractivity contribution < 1.29 is 50.8 Å². The fourth-order valence-electron chi connectivity index (χ4n) is 2.61. The summed E-state index contributed by atoms with van der Waals surface area (Å²) < 4.78 is 58.3. The highest BCUT2D eigenvalue weighted by molar-refractivity contribution is 7.67. The number of aromatic nitrogens is 2. The number of aliphatic hydroxyl groups excluding tert-OH is 1. The van der Waals surface area contributed by atoms with Gasteiger partial charge < -0.3 is 14.9 Å². The molecule has 0 radical (unpaired) electrons. The van der Waals surface area contributed by atoms with E-state index in [4.69, 9.17) is 4.52 Å². The highest BCUT2D eigenvalue weighted by atomic mass is 31.3. The van der Waals surface area contributed by atoms with E-state index in [9.17, 15) is 38.2 Å². The maximum Gasteiger partial charge on any atom is 0.492 e. The highest BCUT2D eigenvalue weighted by Gasteiger charge is 2.43. The fourth-order valence-corrected chi connectivity index (χ4v) is 6.45. The van der Waals surface area contributed by atoms with Crippen molar-refractivity contribution in [2.75, 3.05) is 20.8 Å². The molecule has 0 saturated heterocycles. The van der Waals surface area contributed by atoms with E-state index in [0.29, 0.717) is 5.56 Å². The van der Waals surface area contributed by atoms with Crippen molar-refractivity contribution in [2.45, 2.75) is 39.8 Å². The van der Waals surface area contributed by atoms with Crippen molar-refractivity contribution in [2.24, 2.45) is 11.8 Å². The van der Waals surface area contributed by atoms with Gasteiger partial charge >= 0.3 is 29.2 Å². The third-order valence-electron chi connectivity index (χ3n) is 4.39. The predicted octanol–water partition coefficient (Wildman–Crippen LogP) is 1.52. The van der Waals surface area contributed by atoms with Crippen LogP contribution in [0.2, 0.25) is 0 Å². The Labute approximate surface area is 189 Å². The molecule has 1 aromatic rings. The summed E-state index contributed by atoms with van der Waals surface area (Å²) in [5.41, 5.74) is -0.889. The van der Waals surface area contributed by atoms with Gasteiger partial charge in [-0.15, -0.1) is 0 Å². The Morgan fingerprint density at radius 1 is 1.06 bits per heavy atom. The second kappa shape index (κ2) is 12.1. The lowest BCUT2D eigenvalue weighted by atomic mass is 9.93. The summed E-state index contributed by atoms with van der Waals surface area (Å²) in [4.78, 5) is 44.4. The molecule has 15 nitrogen and oxygen atoms in total. The molecule has 0 amide bonds. The number of aromatic amines is 1. The van der Waals surface area contributed by atoms with E-state index in [-0.39, 0.29) is 13.0 Å². The first kappa shape index (κ1) is 30.1. The van der Waals surface area contributed by atoms with Crippen LogP contribution in [-0.4, -0.2) is 51.4 Å². The Kier molecular flexibility index (Phi) is 11.1. The summed E-state index contributed by atoms with van der Waals surface area (Å²) in [6.07, 6.45) is 0.600. The average Bonchev–Trinajstić information content (AvgIpc) is 2.69. The van der Waals surface area contributed by atoms with Gasteiger partial charge in [-0.2, -0.15) is 8.62 Å². The Hall–Kier alpha value is -0.950. The number of aliphatic hydroxyl groups is 1. The molecule has 0 aliphatic heterocycles. The van der Waals surface area contributed by atoms with Crippen molar-refractivity contribution in [3.05, 3.63) is 32.6 Å². The molecule has 6 atom stereocenters. The number of rotatable bonds is 14. The van der Waals surface area contributed by atoms with E-state index in [2.05, 4.69) is 22.7 Å². The van der Waals surface area contributed by atoms with Gasteiger partial charge in [-0.05, 0) is 25.2 Å². The molecule has 4 N–H and O–H groups in total. The van der Waals surface area contributed by atoms with E-state index < -0.39 is 59.3 Å². The van der Waals surface area contributed by atoms with Gasteiger partial charge in [0.05, 0.1) is 19.3 Å². The standard InChI is InChI=1S/C15H29N2O13P3/c1-10(6-11(2)13(18)8-17-7-12(3)14(19)16-15(17)20)9-28-32(23,24)30-33(25,27-5)29-31(21,22)26-4/h7,10-11,13,18H,6,8-9H2,1-5H3,(H,21,22)(H,23,24)(H,16,19,20)/t10-,11-,13-,33?/m0/s1. The molecule has 0 saturated carbocycles. The lowest BCUT2D eigenvalue weighted by Crippen LogP contribution is -2.36. The quantitative estimate of drug-likeness (QED) is 0.248. The first-order chi connectivity index (χ1) is 15.0. The molecule has 1 heterocycles. The van der Waals surface area contributed by atoms with E-state index in [1.54, 1.807) is 13.8 Å². The predicted molar refractivity (Wildman–Crippen MR) is 114 cm³/mol. The molecule has 1 rings (SSSR count). The van der Waals surface area contributed by atoms with Crippen molar-refractivity contribution in [3.8, 4) is 0 Å². The monoisotopic (exact) mass is 538 g/mol. The van der Waals surface area contributed by atoms with Gasteiger partial charge in [0, 0.05) is 26.0 Å². The van der Waals surface area contributed by atoms with E-state index in [1.807, 2.05) is 0 Å². The van der Waals surface area contributed by atoms with Crippen LogP contribution < -0.4 is 11.2 Å². The minimum atomic E-state index is -5.06. The van der Waals surface area contributed by atoms with Gasteiger partial charge in [0.2, 0.25) is 0 Å². The molecule has 0 fully saturated rings. The number of aryl methyl sites for hydroxylation is 1. The summed E-state index contributed by atoms with van der Waals surface area (Å²) in [5, 5.41) is 10.4. The third-order valence-corrected chi connectivity index (χ3v) is 9.02. The number of nitrogens with zero attached hydrogens (tertiary/aromatic N) is 1. The zero-order valence-electron chi connectivity index (χ0n) is 18.6. The normalized spacial score (nSPS) is 20.2. The lowest BCUT2D eigenvalue weighted by molar-refractivity contribution is 0.0760. The Balaban J connectivity index is 2.67. The number of phosphoric ester groups is 2. The second-order valence-corrected chi connectivity index (χ2v) is 12.4. The van der Waals surface area contributed by atoms with Crippen LogP contribution >= 0.6 is 23.5 Å². The Morgan fingerprint density at radius 3 is 2.18 bits per heavy atom. The summed E-state index contributed by atoms with van der Waals surface area (Å²) in [6, 6.07) is 0. The number of hydrogen-bond donors (Lipinski definition) is 4. The molecular formula is C15H29N2O13P3. The number of H-pyrrole nitrogens is 1. The van der Waals surface area contributed by atoms with Crippen LogP contribution in [0.3, 0.4) is 0 Å².